The number of nitrogens with zero attached hydrogens (tertiary/aromatic N) is 3. The van der Waals surface area contributed by atoms with Crippen molar-refractivity contribution in [1.82, 2.24) is 14.8 Å². The zero-order valence-electron chi connectivity index (χ0n) is 9.47. The van der Waals surface area contributed by atoms with Crippen LogP contribution in [0.5, 0.6) is 0 Å². The fourth-order valence-electron chi connectivity index (χ4n) is 1.44. The summed E-state index contributed by atoms with van der Waals surface area (Å²) in [6.07, 6.45) is 3.63. The van der Waals surface area contributed by atoms with E-state index in [4.69, 9.17) is 9.52 Å². The van der Waals surface area contributed by atoms with Crippen LogP contribution >= 0.6 is 0 Å². The molecule has 2 aromatic rings. The molecule has 2 rings (SSSR count). The minimum atomic E-state index is -1.12. The third-order valence-corrected chi connectivity index (χ3v) is 2.21. The van der Waals surface area contributed by atoms with Crippen molar-refractivity contribution in [2.24, 2.45) is 7.05 Å². The number of rotatable bonds is 4. The number of oxazole rings is 1. The first-order chi connectivity index (χ1) is 8.10. The third-order valence-electron chi connectivity index (χ3n) is 2.21. The maximum absolute atomic E-state index is 10.6. The highest BCUT2D eigenvalue weighted by molar-refractivity contribution is 5.85. The van der Waals surface area contributed by atoms with Crippen molar-refractivity contribution < 1.29 is 14.3 Å². The van der Waals surface area contributed by atoms with Crippen LogP contribution in [0.15, 0.2) is 16.9 Å². The van der Waals surface area contributed by atoms with E-state index in [2.05, 4.69) is 15.4 Å². The molecule has 0 aliphatic heterocycles. The molecule has 90 valence electrons. The van der Waals surface area contributed by atoms with Gasteiger partial charge in [-0.2, -0.15) is 10.1 Å². The molecule has 2 N–H and O–H groups in total. The minimum Gasteiger partial charge on any atom is -0.476 e. The number of anilines is 2. The van der Waals surface area contributed by atoms with Crippen LogP contribution in [-0.2, 0) is 13.5 Å². The topological polar surface area (TPSA) is 93.2 Å². The lowest BCUT2D eigenvalue weighted by Crippen LogP contribution is -1.97. The predicted octanol–water partition coefficient (Wildman–Crippen LogP) is 1.41. The maximum Gasteiger partial charge on any atom is 0.357 e. The average Bonchev–Trinajstić information content (AvgIpc) is 2.86. The molecule has 0 saturated heterocycles. The highest BCUT2D eigenvalue weighted by atomic mass is 16.4. The summed E-state index contributed by atoms with van der Waals surface area (Å²) in [6, 6.07) is 0.144. The highest BCUT2D eigenvalue weighted by Gasteiger charge is 2.12. The van der Waals surface area contributed by atoms with Crippen LogP contribution < -0.4 is 5.32 Å². The van der Waals surface area contributed by atoms with Crippen LogP contribution in [0.25, 0.3) is 0 Å². The Balaban J connectivity index is 2.21. The van der Waals surface area contributed by atoms with Crippen LogP contribution in [0.3, 0.4) is 0 Å². The predicted molar refractivity (Wildman–Crippen MR) is 59.3 cm³/mol. The number of aromatic nitrogens is 3. The summed E-state index contributed by atoms with van der Waals surface area (Å²) in [7, 11) is 1.81. The van der Waals surface area contributed by atoms with Gasteiger partial charge in [-0.15, -0.1) is 0 Å². The molecule has 0 spiro atoms. The molecule has 7 heteroatoms. The monoisotopic (exact) mass is 236 g/mol. The van der Waals surface area contributed by atoms with E-state index in [1.165, 1.54) is 0 Å². The van der Waals surface area contributed by atoms with Crippen LogP contribution in [-0.4, -0.2) is 25.8 Å². The zero-order chi connectivity index (χ0) is 12.4. The van der Waals surface area contributed by atoms with Gasteiger partial charge in [-0.25, -0.2) is 4.79 Å². The van der Waals surface area contributed by atoms with Gasteiger partial charge in [-0.1, -0.05) is 6.92 Å². The van der Waals surface area contributed by atoms with Crippen molar-refractivity contribution in [3.8, 4) is 0 Å². The molecule has 0 saturated carbocycles. The molecule has 0 bridgehead atoms. The smallest absolute Gasteiger partial charge is 0.357 e. The lowest BCUT2D eigenvalue weighted by atomic mass is 10.3. The SMILES string of the molecule is CCc1nn(C)cc1Nc1nc(C(=O)O)co1. The second kappa shape index (κ2) is 4.28. The van der Waals surface area contributed by atoms with Gasteiger partial charge in [0.05, 0.1) is 11.4 Å². The van der Waals surface area contributed by atoms with Gasteiger partial charge in [0.2, 0.25) is 0 Å². The Hall–Kier alpha value is -2.31. The summed E-state index contributed by atoms with van der Waals surface area (Å²) in [5.74, 6) is -1.12. The number of carboxylic acid groups (broad SMARTS) is 1. The molecule has 0 aliphatic carbocycles. The molecule has 2 heterocycles. The Kier molecular flexibility index (Phi) is 2.82. The summed E-state index contributed by atoms with van der Waals surface area (Å²) >= 11 is 0. The maximum atomic E-state index is 10.6. The van der Waals surface area contributed by atoms with Gasteiger partial charge < -0.3 is 14.8 Å². The van der Waals surface area contributed by atoms with Crippen molar-refractivity contribution in [2.75, 3.05) is 5.32 Å². The Morgan fingerprint density at radius 2 is 2.41 bits per heavy atom. The molecule has 0 atom stereocenters. The zero-order valence-corrected chi connectivity index (χ0v) is 9.47. The van der Waals surface area contributed by atoms with Crippen molar-refractivity contribution in [3.63, 3.8) is 0 Å². The quantitative estimate of drug-likeness (QED) is 0.833. The largest absolute Gasteiger partial charge is 0.476 e. The standard InChI is InChI=1S/C10H12N4O3/c1-3-6-7(4-14(2)13-6)11-10-12-8(5-17-10)9(15)16/h4-5H,3H2,1-2H3,(H,11,12)(H,15,16). The molecule has 0 fully saturated rings. The number of nitrogens with one attached hydrogen (secondary N) is 1. The molecule has 0 aromatic carbocycles. The van der Waals surface area contributed by atoms with Gasteiger partial charge in [0.25, 0.3) is 6.01 Å². The molecular formula is C10H12N4O3. The van der Waals surface area contributed by atoms with E-state index < -0.39 is 5.97 Å². The van der Waals surface area contributed by atoms with Crippen molar-refractivity contribution in [3.05, 3.63) is 23.8 Å². The number of hydrogen-bond acceptors (Lipinski definition) is 5. The Morgan fingerprint density at radius 1 is 1.65 bits per heavy atom. The van der Waals surface area contributed by atoms with E-state index >= 15 is 0 Å². The molecule has 17 heavy (non-hydrogen) atoms. The van der Waals surface area contributed by atoms with E-state index in [-0.39, 0.29) is 11.7 Å². The normalized spacial score (nSPS) is 10.5. The molecule has 0 aliphatic rings. The summed E-state index contributed by atoms with van der Waals surface area (Å²) in [5, 5.41) is 15.8. The summed E-state index contributed by atoms with van der Waals surface area (Å²) in [6.45, 7) is 1.98. The molecule has 7 nitrogen and oxygen atoms in total. The average molecular weight is 236 g/mol. The first-order valence-corrected chi connectivity index (χ1v) is 5.08. The van der Waals surface area contributed by atoms with Gasteiger partial charge in [0.15, 0.2) is 5.69 Å². The lowest BCUT2D eigenvalue weighted by molar-refractivity contribution is 0.0690. The molecule has 0 radical (unpaired) electrons. The highest BCUT2D eigenvalue weighted by Crippen LogP contribution is 2.19. The summed E-state index contributed by atoms with van der Waals surface area (Å²) in [4.78, 5) is 14.4. The Labute approximate surface area is 97.1 Å². The molecule has 2 aromatic heterocycles. The fraction of sp³-hybridized carbons (Fsp3) is 0.300. The van der Waals surface area contributed by atoms with E-state index in [1.54, 1.807) is 10.9 Å². The number of aryl methyl sites for hydroxylation is 2. The van der Waals surface area contributed by atoms with E-state index in [1.807, 2.05) is 14.0 Å². The van der Waals surface area contributed by atoms with E-state index in [0.29, 0.717) is 0 Å². The minimum absolute atomic E-state index is 0.130. The van der Waals surface area contributed by atoms with Gasteiger partial charge in [-0.3, -0.25) is 4.68 Å². The van der Waals surface area contributed by atoms with Gasteiger partial charge >= 0.3 is 5.97 Å². The fourth-order valence-corrected chi connectivity index (χ4v) is 1.44. The number of hydrogen-bond donors (Lipinski definition) is 2. The second-order valence-electron chi connectivity index (χ2n) is 3.48. The van der Waals surface area contributed by atoms with E-state index in [9.17, 15) is 4.79 Å². The third kappa shape index (κ3) is 2.27. The van der Waals surface area contributed by atoms with Crippen LogP contribution in [0.1, 0.15) is 23.1 Å². The Morgan fingerprint density at radius 3 is 3.00 bits per heavy atom. The van der Waals surface area contributed by atoms with Crippen LogP contribution in [0.2, 0.25) is 0 Å². The van der Waals surface area contributed by atoms with Crippen molar-refractivity contribution in [1.29, 1.82) is 0 Å². The first-order valence-electron chi connectivity index (χ1n) is 5.08. The van der Waals surface area contributed by atoms with Crippen LogP contribution in [0.4, 0.5) is 11.7 Å². The summed E-state index contributed by atoms with van der Waals surface area (Å²) < 4.78 is 6.67. The summed E-state index contributed by atoms with van der Waals surface area (Å²) in [5.41, 5.74) is 1.49. The molecule has 0 unspecified atom stereocenters. The van der Waals surface area contributed by atoms with E-state index in [0.717, 1.165) is 24.1 Å². The Bertz CT molecular complexity index is 543. The van der Waals surface area contributed by atoms with Crippen molar-refractivity contribution in [2.45, 2.75) is 13.3 Å². The van der Waals surface area contributed by atoms with Crippen molar-refractivity contribution >= 4 is 17.7 Å². The van der Waals surface area contributed by atoms with Gasteiger partial charge in [0, 0.05) is 13.2 Å². The first kappa shape index (κ1) is 11.2. The lowest BCUT2D eigenvalue weighted by Gasteiger charge is -1.98. The van der Waals surface area contributed by atoms with Crippen LogP contribution in [0, 0.1) is 0 Å². The van der Waals surface area contributed by atoms with Gasteiger partial charge in [0.1, 0.15) is 6.26 Å². The second-order valence-corrected chi connectivity index (χ2v) is 3.48. The van der Waals surface area contributed by atoms with Gasteiger partial charge in [-0.05, 0) is 6.42 Å². The molecule has 0 amide bonds. The molecular weight excluding hydrogens is 224 g/mol. The number of aromatic carboxylic acids is 1. The number of carboxylic acids is 1. The number of carbonyl (C=O) groups is 1.